The van der Waals surface area contributed by atoms with Crippen molar-refractivity contribution in [3.05, 3.63) is 23.2 Å². The topological polar surface area (TPSA) is 80.3 Å². The van der Waals surface area contributed by atoms with Crippen LogP contribution >= 0.6 is 11.6 Å². The summed E-state index contributed by atoms with van der Waals surface area (Å²) in [4.78, 5) is 13.5. The first-order valence-electron chi connectivity index (χ1n) is 8.93. The molecule has 2 unspecified atom stereocenters. The number of nitrogens with one attached hydrogen (secondary N) is 1. The van der Waals surface area contributed by atoms with Gasteiger partial charge >= 0.3 is 0 Å². The number of ether oxygens (including phenoxy) is 3. The van der Waals surface area contributed by atoms with Crippen molar-refractivity contribution in [3.63, 3.8) is 0 Å². The SMILES string of the molecule is O=C1COC2(CCN(CC(O)C3COc4cc(Cl)ccc4O3)CC2)CN1. The third-order valence-corrected chi connectivity index (χ3v) is 5.58. The van der Waals surface area contributed by atoms with E-state index in [9.17, 15) is 9.90 Å². The zero-order chi connectivity index (χ0) is 18.1. The molecule has 3 aliphatic heterocycles. The summed E-state index contributed by atoms with van der Waals surface area (Å²) in [6.07, 6.45) is 0.608. The van der Waals surface area contributed by atoms with Gasteiger partial charge in [0, 0.05) is 37.3 Å². The Bertz CT molecular complexity index is 666. The second kappa shape index (κ2) is 7.23. The zero-order valence-corrected chi connectivity index (χ0v) is 15.2. The molecule has 8 heteroatoms. The van der Waals surface area contributed by atoms with Crippen LogP contribution in [-0.2, 0) is 9.53 Å². The predicted molar refractivity (Wildman–Crippen MR) is 94.7 cm³/mol. The number of likely N-dealkylation sites (tertiary alicyclic amines) is 1. The summed E-state index contributed by atoms with van der Waals surface area (Å²) in [5.74, 6) is 1.16. The van der Waals surface area contributed by atoms with E-state index in [1.54, 1.807) is 18.2 Å². The normalized spacial score (nSPS) is 26.4. The molecule has 26 heavy (non-hydrogen) atoms. The van der Waals surface area contributed by atoms with Crippen LogP contribution in [0.4, 0.5) is 0 Å². The molecule has 3 aliphatic rings. The Morgan fingerprint density at radius 1 is 1.35 bits per heavy atom. The van der Waals surface area contributed by atoms with Crippen LogP contribution in [0.1, 0.15) is 12.8 Å². The Kier molecular flexibility index (Phi) is 4.96. The van der Waals surface area contributed by atoms with Crippen LogP contribution in [0, 0.1) is 0 Å². The van der Waals surface area contributed by atoms with Crippen molar-refractivity contribution >= 4 is 17.5 Å². The fourth-order valence-corrected chi connectivity index (χ4v) is 3.84. The summed E-state index contributed by atoms with van der Waals surface area (Å²) in [5, 5.41) is 14.1. The lowest BCUT2D eigenvalue weighted by atomic mass is 9.89. The van der Waals surface area contributed by atoms with E-state index < -0.39 is 12.2 Å². The van der Waals surface area contributed by atoms with Crippen LogP contribution in [0.25, 0.3) is 0 Å². The number of rotatable bonds is 3. The molecular weight excluding hydrogens is 360 g/mol. The Morgan fingerprint density at radius 3 is 2.88 bits per heavy atom. The van der Waals surface area contributed by atoms with Crippen molar-refractivity contribution in [3.8, 4) is 11.5 Å². The highest BCUT2D eigenvalue weighted by Crippen LogP contribution is 2.35. The molecule has 0 aliphatic carbocycles. The van der Waals surface area contributed by atoms with E-state index in [1.807, 2.05) is 0 Å². The first kappa shape index (κ1) is 17.9. The van der Waals surface area contributed by atoms with Crippen molar-refractivity contribution in [1.82, 2.24) is 10.2 Å². The smallest absolute Gasteiger partial charge is 0.246 e. The van der Waals surface area contributed by atoms with Crippen molar-refractivity contribution in [1.29, 1.82) is 0 Å². The molecule has 2 saturated heterocycles. The maximum absolute atomic E-state index is 11.3. The highest BCUT2D eigenvalue weighted by molar-refractivity contribution is 6.30. The van der Waals surface area contributed by atoms with Gasteiger partial charge in [-0.3, -0.25) is 4.79 Å². The molecule has 7 nitrogen and oxygen atoms in total. The number of hydrogen-bond donors (Lipinski definition) is 2. The molecular formula is C18H23ClN2O5. The lowest BCUT2D eigenvalue weighted by molar-refractivity contribution is -0.151. The number of fused-ring (bicyclic) bond motifs is 1. The maximum Gasteiger partial charge on any atom is 0.246 e. The number of benzene rings is 1. The number of amides is 1. The van der Waals surface area contributed by atoms with Gasteiger partial charge in [-0.2, -0.15) is 0 Å². The van der Waals surface area contributed by atoms with E-state index >= 15 is 0 Å². The van der Waals surface area contributed by atoms with Crippen LogP contribution in [0.2, 0.25) is 5.02 Å². The third-order valence-electron chi connectivity index (χ3n) is 5.35. The minimum absolute atomic E-state index is 0.0514. The first-order chi connectivity index (χ1) is 12.5. The minimum Gasteiger partial charge on any atom is -0.486 e. The van der Waals surface area contributed by atoms with Gasteiger partial charge in [0.2, 0.25) is 5.91 Å². The average Bonchev–Trinajstić information content (AvgIpc) is 2.66. The van der Waals surface area contributed by atoms with E-state index in [0.29, 0.717) is 36.2 Å². The molecule has 1 amide bonds. The monoisotopic (exact) mass is 382 g/mol. The number of carbonyl (C=O) groups excluding carboxylic acids is 1. The molecule has 142 valence electrons. The molecule has 1 aromatic carbocycles. The molecule has 3 heterocycles. The number of hydrogen-bond acceptors (Lipinski definition) is 6. The van der Waals surface area contributed by atoms with E-state index in [1.165, 1.54) is 0 Å². The molecule has 0 aromatic heterocycles. The van der Waals surface area contributed by atoms with Crippen LogP contribution < -0.4 is 14.8 Å². The summed E-state index contributed by atoms with van der Waals surface area (Å²) >= 11 is 5.95. The number of carbonyl (C=O) groups is 1. The van der Waals surface area contributed by atoms with E-state index in [2.05, 4.69) is 10.2 Å². The quantitative estimate of drug-likeness (QED) is 0.805. The number of aliphatic hydroxyl groups is 1. The number of morpholine rings is 1. The van der Waals surface area contributed by atoms with Gasteiger partial charge in [0.25, 0.3) is 0 Å². The van der Waals surface area contributed by atoms with Gasteiger partial charge in [-0.1, -0.05) is 11.6 Å². The Labute approximate surface area is 157 Å². The lowest BCUT2D eigenvalue weighted by Crippen LogP contribution is -2.58. The van der Waals surface area contributed by atoms with Crippen molar-refractivity contribution in [2.24, 2.45) is 0 Å². The summed E-state index contributed by atoms with van der Waals surface area (Å²) < 4.78 is 17.3. The number of piperidine rings is 1. The first-order valence-corrected chi connectivity index (χ1v) is 9.31. The zero-order valence-electron chi connectivity index (χ0n) is 14.4. The second-order valence-corrected chi connectivity index (χ2v) is 7.61. The van der Waals surface area contributed by atoms with Crippen LogP contribution in [-0.4, -0.2) is 73.1 Å². The van der Waals surface area contributed by atoms with Crippen molar-refractivity contribution in [2.75, 3.05) is 39.4 Å². The Balaban J connectivity index is 1.29. The largest absolute Gasteiger partial charge is 0.486 e. The third kappa shape index (κ3) is 3.76. The fraction of sp³-hybridized carbons (Fsp3) is 0.611. The standard InChI is InChI=1S/C18H23ClN2O5/c19-12-1-2-14-15(7-12)24-9-16(26-14)13(22)8-21-5-3-18(4-6-21)11-20-17(23)10-25-18/h1-2,7,13,16,22H,3-6,8-11H2,(H,20,23). The van der Waals surface area contributed by atoms with E-state index in [4.69, 9.17) is 25.8 Å². The molecule has 1 spiro atoms. The average molecular weight is 383 g/mol. The number of nitrogens with zero attached hydrogens (tertiary/aromatic N) is 1. The molecule has 4 rings (SSSR count). The minimum atomic E-state index is -0.653. The Hall–Kier alpha value is -1.54. The van der Waals surface area contributed by atoms with Crippen molar-refractivity contribution < 1.29 is 24.1 Å². The molecule has 0 bridgehead atoms. The summed E-state index contributed by atoms with van der Waals surface area (Å²) in [6.45, 7) is 3.14. The van der Waals surface area contributed by atoms with Gasteiger partial charge in [-0.25, -0.2) is 0 Å². The van der Waals surface area contributed by atoms with Crippen LogP contribution in [0.15, 0.2) is 18.2 Å². The fourth-order valence-electron chi connectivity index (χ4n) is 3.68. The second-order valence-electron chi connectivity index (χ2n) is 7.17. The number of aliphatic hydroxyl groups excluding tert-OH is 1. The van der Waals surface area contributed by atoms with Gasteiger partial charge in [-0.05, 0) is 25.0 Å². The Morgan fingerprint density at radius 2 is 2.15 bits per heavy atom. The number of halogens is 1. The van der Waals surface area contributed by atoms with Gasteiger partial charge in [0.1, 0.15) is 19.3 Å². The molecule has 2 fully saturated rings. The van der Waals surface area contributed by atoms with E-state index in [0.717, 1.165) is 25.9 Å². The maximum atomic E-state index is 11.3. The molecule has 0 saturated carbocycles. The summed E-state index contributed by atoms with van der Waals surface area (Å²) in [5.41, 5.74) is -0.252. The number of β-amino-alcohol motifs (C(OH)–C–C–N with tert-alkyl or cyclic N) is 1. The van der Waals surface area contributed by atoms with Crippen LogP contribution in [0.5, 0.6) is 11.5 Å². The van der Waals surface area contributed by atoms with Gasteiger partial charge in [0.05, 0.1) is 5.60 Å². The lowest BCUT2D eigenvalue weighted by Gasteiger charge is -2.44. The molecule has 2 atom stereocenters. The highest BCUT2D eigenvalue weighted by atomic mass is 35.5. The molecule has 1 aromatic rings. The summed E-state index contributed by atoms with van der Waals surface area (Å²) in [7, 11) is 0. The van der Waals surface area contributed by atoms with E-state index in [-0.39, 0.29) is 18.1 Å². The van der Waals surface area contributed by atoms with Gasteiger partial charge in [0.15, 0.2) is 17.6 Å². The predicted octanol–water partition coefficient (Wildman–Crippen LogP) is 0.822. The molecule has 2 N–H and O–H groups in total. The highest BCUT2D eigenvalue weighted by Gasteiger charge is 2.40. The van der Waals surface area contributed by atoms with Gasteiger partial charge in [-0.15, -0.1) is 0 Å². The van der Waals surface area contributed by atoms with Crippen LogP contribution in [0.3, 0.4) is 0 Å². The van der Waals surface area contributed by atoms with Gasteiger partial charge < -0.3 is 29.5 Å². The van der Waals surface area contributed by atoms with Crippen molar-refractivity contribution in [2.45, 2.75) is 30.7 Å². The molecule has 0 radical (unpaired) electrons. The summed E-state index contributed by atoms with van der Waals surface area (Å²) in [6, 6.07) is 5.22.